The molecule has 1 heterocycles. The number of aromatic carboxylic acids is 1. The van der Waals surface area contributed by atoms with Gasteiger partial charge in [0.15, 0.2) is 0 Å². The second kappa shape index (κ2) is 4.90. The fourth-order valence-electron chi connectivity index (χ4n) is 1.66. The molecule has 0 saturated carbocycles. The van der Waals surface area contributed by atoms with Crippen LogP contribution in [0.2, 0.25) is 0 Å². The normalized spacial score (nSPS) is 9.78. The number of ether oxygens (including phenoxy) is 1. The molecule has 1 aromatic heterocycles. The molecule has 0 unspecified atom stereocenters. The number of carbonyl (C=O) groups is 1. The van der Waals surface area contributed by atoms with Crippen LogP contribution < -0.4 is 4.74 Å². The van der Waals surface area contributed by atoms with Gasteiger partial charge < -0.3 is 9.84 Å². The van der Waals surface area contributed by atoms with E-state index >= 15 is 0 Å². The molecule has 1 N–H and O–H groups in total. The lowest BCUT2D eigenvalue weighted by molar-refractivity contribution is 0.0698. The van der Waals surface area contributed by atoms with Crippen LogP contribution in [0.1, 0.15) is 15.2 Å². The predicted octanol–water partition coefficient (Wildman–Crippen LogP) is 2.99. The Labute approximate surface area is 108 Å². The quantitative estimate of drug-likeness (QED) is 0.919. The van der Waals surface area contributed by atoms with Crippen molar-refractivity contribution < 1.29 is 14.6 Å². The number of hydrogen-bond acceptors (Lipinski definition) is 4. The van der Waals surface area contributed by atoms with Gasteiger partial charge in [0.25, 0.3) is 0 Å². The Morgan fingerprint density at radius 3 is 2.89 bits per heavy atom. The summed E-state index contributed by atoms with van der Waals surface area (Å²) in [6, 6.07) is 9.03. The zero-order valence-corrected chi connectivity index (χ0v) is 10.3. The summed E-state index contributed by atoms with van der Waals surface area (Å²) in [4.78, 5) is 11.5. The molecule has 90 valence electrons. The van der Waals surface area contributed by atoms with Crippen molar-refractivity contribution in [3.63, 3.8) is 0 Å². The number of carboxylic acids is 1. The summed E-state index contributed by atoms with van der Waals surface area (Å²) in [7, 11) is 1.54. The van der Waals surface area contributed by atoms with Crippen molar-refractivity contribution >= 4 is 17.3 Å². The highest BCUT2D eigenvalue weighted by atomic mass is 32.1. The Hall–Kier alpha value is -2.32. The molecule has 0 aliphatic rings. The highest BCUT2D eigenvalue weighted by Gasteiger charge is 2.18. The lowest BCUT2D eigenvalue weighted by Crippen LogP contribution is -1.97. The van der Waals surface area contributed by atoms with Gasteiger partial charge in [0, 0.05) is 10.9 Å². The zero-order valence-electron chi connectivity index (χ0n) is 9.51. The van der Waals surface area contributed by atoms with Gasteiger partial charge in [-0.1, -0.05) is 12.1 Å². The van der Waals surface area contributed by atoms with Gasteiger partial charge in [0.05, 0.1) is 12.7 Å². The average molecular weight is 259 g/mol. The highest BCUT2D eigenvalue weighted by molar-refractivity contribution is 7.11. The van der Waals surface area contributed by atoms with E-state index in [2.05, 4.69) is 0 Å². The number of methoxy groups -OCH3 is 1. The molecule has 0 fully saturated rings. The number of nitriles is 1. The highest BCUT2D eigenvalue weighted by Crippen LogP contribution is 2.34. The van der Waals surface area contributed by atoms with Crippen molar-refractivity contribution in [1.82, 2.24) is 0 Å². The molecule has 0 aliphatic carbocycles. The molecule has 0 aliphatic heterocycles. The second-order valence-corrected chi connectivity index (χ2v) is 4.38. The molecule has 0 amide bonds. The minimum atomic E-state index is -1.04. The summed E-state index contributed by atoms with van der Waals surface area (Å²) in [5, 5.41) is 19.6. The molecule has 0 atom stereocenters. The summed E-state index contributed by atoms with van der Waals surface area (Å²) in [5.74, 6) is -0.413. The smallest absolute Gasteiger partial charge is 0.337 e. The fraction of sp³-hybridized carbons (Fsp3) is 0.0769. The minimum Gasteiger partial charge on any atom is -0.497 e. The van der Waals surface area contributed by atoms with Gasteiger partial charge in [-0.25, -0.2) is 4.79 Å². The van der Waals surface area contributed by atoms with Crippen LogP contribution in [0.3, 0.4) is 0 Å². The van der Waals surface area contributed by atoms with E-state index in [1.165, 1.54) is 12.5 Å². The Bertz CT molecular complexity index is 640. The lowest BCUT2D eigenvalue weighted by Gasteiger charge is -2.05. The molecule has 1 aromatic carbocycles. The maximum absolute atomic E-state index is 11.1. The monoisotopic (exact) mass is 259 g/mol. The van der Waals surface area contributed by atoms with Gasteiger partial charge in [-0.2, -0.15) is 5.26 Å². The van der Waals surface area contributed by atoms with Gasteiger partial charge >= 0.3 is 5.97 Å². The predicted molar refractivity (Wildman–Crippen MR) is 68.0 cm³/mol. The van der Waals surface area contributed by atoms with Crippen LogP contribution in [0.4, 0.5) is 0 Å². The van der Waals surface area contributed by atoms with Crippen molar-refractivity contribution in [1.29, 1.82) is 5.26 Å². The fourth-order valence-corrected chi connectivity index (χ4v) is 2.52. The van der Waals surface area contributed by atoms with Crippen LogP contribution in [-0.2, 0) is 0 Å². The van der Waals surface area contributed by atoms with E-state index < -0.39 is 5.97 Å². The third-order valence-electron chi connectivity index (χ3n) is 2.48. The lowest BCUT2D eigenvalue weighted by atomic mass is 10.0. The van der Waals surface area contributed by atoms with Gasteiger partial charge in [0.1, 0.15) is 16.7 Å². The SMILES string of the molecule is COc1cccc(-c2c(C(=O)O)csc2C#N)c1. The van der Waals surface area contributed by atoms with E-state index in [-0.39, 0.29) is 5.56 Å². The largest absolute Gasteiger partial charge is 0.497 e. The summed E-state index contributed by atoms with van der Waals surface area (Å²) >= 11 is 1.13. The van der Waals surface area contributed by atoms with Gasteiger partial charge in [-0.3, -0.25) is 0 Å². The first kappa shape index (κ1) is 12.1. The van der Waals surface area contributed by atoms with Crippen LogP contribution >= 0.6 is 11.3 Å². The number of rotatable bonds is 3. The zero-order chi connectivity index (χ0) is 13.1. The van der Waals surface area contributed by atoms with Crippen LogP contribution in [0.5, 0.6) is 5.75 Å². The van der Waals surface area contributed by atoms with E-state index in [4.69, 9.17) is 15.1 Å². The van der Waals surface area contributed by atoms with Gasteiger partial charge in [-0.05, 0) is 17.7 Å². The van der Waals surface area contributed by atoms with Crippen molar-refractivity contribution in [2.45, 2.75) is 0 Å². The van der Waals surface area contributed by atoms with E-state index in [9.17, 15) is 4.79 Å². The number of thiophene rings is 1. The Morgan fingerprint density at radius 1 is 1.50 bits per heavy atom. The molecule has 2 rings (SSSR count). The molecule has 5 heteroatoms. The standard InChI is InChI=1S/C13H9NO3S/c1-17-9-4-2-3-8(5-9)12-10(13(15)16)7-18-11(12)6-14/h2-5,7H,1H3,(H,15,16). The molecule has 0 spiro atoms. The van der Waals surface area contributed by atoms with Crippen LogP contribution in [0.25, 0.3) is 11.1 Å². The number of carboxylic acid groups (broad SMARTS) is 1. The maximum atomic E-state index is 11.1. The maximum Gasteiger partial charge on any atom is 0.337 e. The van der Waals surface area contributed by atoms with Crippen molar-refractivity contribution in [2.75, 3.05) is 7.11 Å². The van der Waals surface area contributed by atoms with E-state index in [1.54, 1.807) is 24.3 Å². The van der Waals surface area contributed by atoms with E-state index in [1.807, 2.05) is 6.07 Å². The summed E-state index contributed by atoms with van der Waals surface area (Å²) in [6.45, 7) is 0. The molecular weight excluding hydrogens is 250 g/mol. The number of benzene rings is 1. The summed E-state index contributed by atoms with van der Waals surface area (Å²) in [6.07, 6.45) is 0. The van der Waals surface area contributed by atoms with E-state index in [0.717, 1.165) is 11.3 Å². The molecule has 18 heavy (non-hydrogen) atoms. The van der Waals surface area contributed by atoms with Gasteiger partial charge in [0.2, 0.25) is 0 Å². The average Bonchev–Trinajstić information content (AvgIpc) is 2.82. The van der Waals surface area contributed by atoms with Crippen molar-refractivity contribution in [3.05, 3.63) is 40.1 Å². The molecule has 0 radical (unpaired) electrons. The van der Waals surface area contributed by atoms with Crippen LogP contribution in [0, 0.1) is 11.3 Å². The molecular formula is C13H9NO3S. The first-order chi connectivity index (χ1) is 8.67. The number of hydrogen-bond donors (Lipinski definition) is 1. The van der Waals surface area contributed by atoms with E-state index in [0.29, 0.717) is 21.8 Å². The Morgan fingerprint density at radius 2 is 2.28 bits per heavy atom. The minimum absolute atomic E-state index is 0.143. The third kappa shape index (κ3) is 2.06. The molecule has 4 nitrogen and oxygen atoms in total. The first-order valence-corrected chi connectivity index (χ1v) is 5.94. The number of nitrogens with zero attached hydrogens (tertiary/aromatic N) is 1. The van der Waals surface area contributed by atoms with Crippen LogP contribution in [0.15, 0.2) is 29.6 Å². The Balaban J connectivity index is 2.65. The third-order valence-corrected chi connectivity index (χ3v) is 3.37. The van der Waals surface area contributed by atoms with Crippen molar-refractivity contribution in [2.24, 2.45) is 0 Å². The summed E-state index contributed by atoms with van der Waals surface area (Å²) in [5.41, 5.74) is 1.27. The Kier molecular flexibility index (Phi) is 3.31. The van der Waals surface area contributed by atoms with Crippen LogP contribution in [-0.4, -0.2) is 18.2 Å². The van der Waals surface area contributed by atoms with Gasteiger partial charge in [-0.15, -0.1) is 11.3 Å². The molecule has 2 aromatic rings. The first-order valence-electron chi connectivity index (χ1n) is 5.06. The van der Waals surface area contributed by atoms with Crippen molar-refractivity contribution in [3.8, 4) is 22.9 Å². The molecule has 0 saturated heterocycles. The second-order valence-electron chi connectivity index (χ2n) is 3.50. The topological polar surface area (TPSA) is 70.3 Å². The molecule has 0 bridgehead atoms. The summed E-state index contributed by atoms with van der Waals surface area (Å²) < 4.78 is 5.10.